The van der Waals surface area contributed by atoms with Gasteiger partial charge in [-0.25, -0.2) is 0 Å². The fourth-order valence-corrected chi connectivity index (χ4v) is 5.37. The number of carbonyl (C=O) groups is 1. The Morgan fingerprint density at radius 2 is 1.73 bits per heavy atom. The molecule has 1 N–H and O–H groups in total. The number of fused-ring (bicyclic) bond motifs is 1. The zero-order valence-corrected chi connectivity index (χ0v) is 20.3. The number of carbonyl (C=O) groups excluding carboxylic acids is 1. The van der Waals surface area contributed by atoms with Crippen molar-refractivity contribution >= 4 is 16.7 Å². The number of piperidine rings is 2. The summed E-state index contributed by atoms with van der Waals surface area (Å²) >= 11 is 0. The summed E-state index contributed by atoms with van der Waals surface area (Å²) in [5.74, 6) is 0.965. The van der Waals surface area contributed by atoms with Gasteiger partial charge in [-0.3, -0.25) is 4.79 Å². The molecule has 4 rings (SSSR count). The van der Waals surface area contributed by atoms with E-state index < -0.39 is 0 Å². The molecule has 2 aromatic carbocycles. The Labute approximate surface area is 199 Å². The van der Waals surface area contributed by atoms with Crippen LogP contribution in [0.2, 0.25) is 0 Å². The van der Waals surface area contributed by atoms with Crippen LogP contribution in [0.15, 0.2) is 42.5 Å². The van der Waals surface area contributed by atoms with E-state index in [4.69, 9.17) is 4.74 Å². The fraction of sp³-hybridized carbons (Fsp3) is 0.607. The smallest absolute Gasteiger partial charge is 0.227 e. The minimum atomic E-state index is 0.271. The highest BCUT2D eigenvalue weighted by molar-refractivity contribution is 5.90. The Morgan fingerprint density at radius 3 is 2.52 bits per heavy atom. The number of hydrogen-bond acceptors (Lipinski definition) is 4. The molecule has 5 nitrogen and oxygen atoms in total. The first-order valence-electron chi connectivity index (χ1n) is 12.9. The second-order valence-corrected chi connectivity index (χ2v) is 9.83. The third-order valence-electron chi connectivity index (χ3n) is 7.57. The van der Waals surface area contributed by atoms with Crippen molar-refractivity contribution in [2.75, 3.05) is 52.9 Å². The summed E-state index contributed by atoms with van der Waals surface area (Å²) in [6.07, 6.45) is 8.08. The number of amides is 1. The molecule has 0 spiro atoms. The lowest BCUT2D eigenvalue weighted by molar-refractivity contribution is -0.131. The van der Waals surface area contributed by atoms with E-state index in [1.165, 1.54) is 56.1 Å². The molecule has 0 saturated carbocycles. The molecule has 2 aliphatic heterocycles. The van der Waals surface area contributed by atoms with Gasteiger partial charge in [0, 0.05) is 33.3 Å². The Hall–Kier alpha value is -1.95. The van der Waals surface area contributed by atoms with Crippen LogP contribution >= 0.6 is 0 Å². The predicted molar refractivity (Wildman–Crippen MR) is 136 cm³/mol. The molecule has 0 radical (unpaired) electrons. The average molecular weight is 452 g/mol. The first-order valence-corrected chi connectivity index (χ1v) is 12.9. The van der Waals surface area contributed by atoms with Crippen molar-refractivity contribution in [1.29, 1.82) is 0 Å². The summed E-state index contributed by atoms with van der Waals surface area (Å²) in [7, 11) is 1.83. The van der Waals surface area contributed by atoms with Gasteiger partial charge in [-0.1, -0.05) is 42.5 Å². The van der Waals surface area contributed by atoms with Gasteiger partial charge < -0.3 is 19.9 Å². The van der Waals surface area contributed by atoms with Crippen molar-refractivity contribution in [1.82, 2.24) is 15.1 Å². The van der Waals surface area contributed by atoms with Crippen molar-refractivity contribution in [3.8, 4) is 0 Å². The number of likely N-dealkylation sites (tertiary alicyclic amines) is 2. The summed E-state index contributed by atoms with van der Waals surface area (Å²) in [4.78, 5) is 17.6. The van der Waals surface area contributed by atoms with Gasteiger partial charge in [0.1, 0.15) is 0 Å². The molecule has 0 bridgehead atoms. The highest BCUT2D eigenvalue weighted by Gasteiger charge is 2.23. The molecule has 2 heterocycles. The molecule has 0 atom stereocenters. The van der Waals surface area contributed by atoms with Crippen molar-refractivity contribution in [2.24, 2.45) is 5.92 Å². The van der Waals surface area contributed by atoms with E-state index in [9.17, 15) is 4.79 Å². The van der Waals surface area contributed by atoms with Crippen LogP contribution < -0.4 is 5.32 Å². The van der Waals surface area contributed by atoms with Gasteiger partial charge in [-0.2, -0.15) is 0 Å². The molecule has 0 unspecified atom stereocenters. The molecule has 180 valence electrons. The Morgan fingerprint density at radius 1 is 0.970 bits per heavy atom. The molecule has 2 aliphatic rings. The van der Waals surface area contributed by atoms with E-state index in [-0.39, 0.29) is 5.91 Å². The van der Waals surface area contributed by atoms with Crippen molar-refractivity contribution in [3.63, 3.8) is 0 Å². The molecule has 5 heteroatoms. The molecule has 0 aromatic heterocycles. The molecular weight excluding hydrogens is 410 g/mol. The maximum Gasteiger partial charge on any atom is 0.227 e. The van der Waals surface area contributed by atoms with Crippen LogP contribution in [-0.2, 0) is 16.0 Å². The van der Waals surface area contributed by atoms with E-state index in [0.717, 1.165) is 44.6 Å². The van der Waals surface area contributed by atoms with Crippen LogP contribution in [0.1, 0.15) is 44.1 Å². The number of unbranched alkanes of at least 4 members (excludes halogenated alkanes) is 1. The lowest BCUT2D eigenvalue weighted by Crippen LogP contribution is -2.41. The van der Waals surface area contributed by atoms with E-state index in [1.807, 2.05) is 7.11 Å². The largest absolute Gasteiger partial charge is 0.381 e. The number of methoxy groups -OCH3 is 1. The Balaban J connectivity index is 1.08. The first kappa shape index (κ1) is 24.2. The lowest BCUT2D eigenvalue weighted by atomic mass is 9.95. The van der Waals surface area contributed by atoms with Crippen LogP contribution in [0.3, 0.4) is 0 Å². The molecule has 0 aliphatic carbocycles. The molecule has 33 heavy (non-hydrogen) atoms. The van der Waals surface area contributed by atoms with E-state index >= 15 is 0 Å². The second-order valence-electron chi connectivity index (χ2n) is 9.83. The highest BCUT2D eigenvalue weighted by atomic mass is 16.5. The van der Waals surface area contributed by atoms with Gasteiger partial charge in [0.05, 0.1) is 12.5 Å². The van der Waals surface area contributed by atoms with Crippen LogP contribution in [0.4, 0.5) is 0 Å². The van der Waals surface area contributed by atoms with Gasteiger partial charge in [0.15, 0.2) is 0 Å². The summed E-state index contributed by atoms with van der Waals surface area (Å²) in [6.45, 7) is 7.57. The third kappa shape index (κ3) is 7.02. The van der Waals surface area contributed by atoms with Crippen molar-refractivity contribution in [3.05, 3.63) is 48.0 Å². The standard InChI is InChI=1S/C28H41N3O2/c1-33-26-13-17-30(18-14-26)16-5-4-15-29-22-23-11-19-31(20-12-23)28(32)21-25-9-6-8-24-7-2-3-10-27(24)25/h2-3,6-10,23,26,29H,4-5,11-22H2,1H3. The minimum absolute atomic E-state index is 0.271. The SMILES string of the molecule is COC1CCN(CCCCNCC2CCN(C(=O)Cc3cccc4ccccc34)CC2)CC1. The zero-order chi connectivity index (χ0) is 22.9. The maximum atomic E-state index is 12.9. The van der Waals surface area contributed by atoms with Crippen LogP contribution in [0.25, 0.3) is 10.8 Å². The Kier molecular flexibility index (Phi) is 9.16. The molecule has 2 fully saturated rings. The monoisotopic (exact) mass is 451 g/mol. The average Bonchev–Trinajstić information content (AvgIpc) is 2.87. The van der Waals surface area contributed by atoms with E-state index in [0.29, 0.717) is 18.4 Å². The summed E-state index contributed by atoms with van der Waals surface area (Å²) < 4.78 is 5.46. The van der Waals surface area contributed by atoms with Crippen LogP contribution in [0, 0.1) is 5.92 Å². The van der Waals surface area contributed by atoms with Gasteiger partial charge in [0.25, 0.3) is 0 Å². The van der Waals surface area contributed by atoms with Gasteiger partial charge in [-0.15, -0.1) is 0 Å². The van der Waals surface area contributed by atoms with E-state index in [2.05, 4.69) is 57.6 Å². The number of ether oxygens (including phenoxy) is 1. The zero-order valence-electron chi connectivity index (χ0n) is 20.3. The summed E-state index contributed by atoms with van der Waals surface area (Å²) in [5.41, 5.74) is 1.14. The number of nitrogens with one attached hydrogen (secondary N) is 1. The third-order valence-corrected chi connectivity index (χ3v) is 7.57. The number of benzene rings is 2. The fourth-order valence-electron chi connectivity index (χ4n) is 5.37. The van der Waals surface area contributed by atoms with Gasteiger partial charge in [0.2, 0.25) is 5.91 Å². The molecule has 2 aromatic rings. The molecule has 1 amide bonds. The summed E-state index contributed by atoms with van der Waals surface area (Å²) in [6, 6.07) is 14.6. The quantitative estimate of drug-likeness (QED) is 0.553. The van der Waals surface area contributed by atoms with Crippen LogP contribution in [-0.4, -0.2) is 74.7 Å². The molecule has 2 saturated heterocycles. The van der Waals surface area contributed by atoms with Crippen LogP contribution in [0.5, 0.6) is 0 Å². The second kappa shape index (κ2) is 12.5. The van der Waals surface area contributed by atoms with Gasteiger partial charge >= 0.3 is 0 Å². The van der Waals surface area contributed by atoms with Crippen molar-refractivity contribution in [2.45, 2.75) is 51.0 Å². The van der Waals surface area contributed by atoms with Gasteiger partial charge in [-0.05, 0) is 80.4 Å². The first-order chi connectivity index (χ1) is 16.2. The normalized spacial score (nSPS) is 18.8. The number of nitrogens with zero attached hydrogens (tertiary/aromatic N) is 2. The van der Waals surface area contributed by atoms with Crippen molar-refractivity contribution < 1.29 is 9.53 Å². The highest BCUT2D eigenvalue weighted by Crippen LogP contribution is 2.22. The lowest BCUT2D eigenvalue weighted by Gasteiger charge is -2.32. The Bertz CT molecular complexity index is 865. The number of rotatable bonds is 10. The van der Waals surface area contributed by atoms with E-state index in [1.54, 1.807) is 0 Å². The topological polar surface area (TPSA) is 44.8 Å². The number of hydrogen-bond donors (Lipinski definition) is 1. The minimum Gasteiger partial charge on any atom is -0.381 e. The maximum absolute atomic E-state index is 12.9. The predicted octanol–water partition coefficient (Wildman–Crippen LogP) is 4.10. The molecular formula is C28H41N3O2. The summed E-state index contributed by atoms with van der Waals surface area (Å²) in [5, 5.41) is 6.08.